The lowest BCUT2D eigenvalue weighted by atomic mass is 10.3. The monoisotopic (exact) mass is 128 g/mol. The Kier molecular flexibility index (Phi) is 13.7. The average Bonchev–Trinajstić information content (AvgIpc) is 1.66. The molecular formula is C9H20. The standard InChI is InChI=1S/C5H10.C4H10/c1-3-5-4-2;1-4(2)3/h3H,1,4-5H2,2H3;4H,1-3H3. The highest BCUT2D eigenvalue weighted by atomic mass is 13.7. The van der Waals surface area contributed by atoms with Crippen LogP contribution in [0.25, 0.3) is 0 Å². The lowest BCUT2D eigenvalue weighted by Gasteiger charge is -1.79. The molecule has 0 aliphatic heterocycles. The zero-order chi connectivity index (χ0) is 7.70. The summed E-state index contributed by atoms with van der Waals surface area (Å²) < 4.78 is 0. The maximum Gasteiger partial charge on any atom is -0.0356 e. The van der Waals surface area contributed by atoms with Gasteiger partial charge in [0, 0.05) is 0 Å². The van der Waals surface area contributed by atoms with E-state index in [1.54, 1.807) is 0 Å². The van der Waals surface area contributed by atoms with E-state index < -0.39 is 0 Å². The number of allylic oxidation sites excluding steroid dienone is 1. The Hall–Kier alpha value is -0.260. The molecule has 0 aliphatic carbocycles. The molecule has 0 spiro atoms. The van der Waals surface area contributed by atoms with Gasteiger partial charge in [-0.3, -0.25) is 0 Å². The first-order valence-electron chi connectivity index (χ1n) is 3.76. The highest BCUT2D eigenvalue weighted by molar-refractivity contribution is 4.63. The van der Waals surface area contributed by atoms with Crippen molar-refractivity contribution in [2.75, 3.05) is 0 Å². The molecule has 0 radical (unpaired) electrons. The first kappa shape index (κ1) is 11.5. The molecule has 0 atom stereocenters. The van der Waals surface area contributed by atoms with Crippen molar-refractivity contribution in [3.63, 3.8) is 0 Å². The molecule has 0 heteroatoms. The quantitative estimate of drug-likeness (QED) is 0.498. The second-order valence-corrected chi connectivity index (χ2v) is 2.81. The summed E-state index contributed by atoms with van der Waals surface area (Å²) in [5.74, 6) is 0.833. The molecule has 56 valence electrons. The molecule has 0 aromatic rings. The van der Waals surface area contributed by atoms with Gasteiger partial charge in [0.25, 0.3) is 0 Å². The number of unbranched alkanes of at least 4 members (excludes halogenated alkanes) is 1. The Bertz CT molecular complexity index is 41.2. The van der Waals surface area contributed by atoms with Crippen LogP contribution in [0.1, 0.15) is 40.5 Å². The normalized spacial score (nSPS) is 8.11. The minimum absolute atomic E-state index is 0.833. The fraction of sp³-hybridized carbons (Fsp3) is 0.778. The Balaban J connectivity index is 0. The summed E-state index contributed by atoms with van der Waals surface area (Å²) in [6.07, 6.45) is 4.31. The molecule has 0 aromatic carbocycles. The summed E-state index contributed by atoms with van der Waals surface area (Å²) in [7, 11) is 0. The lowest BCUT2D eigenvalue weighted by Crippen LogP contribution is -1.66. The van der Waals surface area contributed by atoms with Crippen molar-refractivity contribution in [2.24, 2.45) is 5.92 Å². The van der Waals surface area contributed by atoms with Crippen LogP contribution in [0.2, 0.25) is 0 Å². The maximum atomic E-state index is 3.55. The van der Waals surface area contributed by atoms with Crippen LogP contribution < -0.4 is 0 Å². The Morgan fingerprint density at radius 1 is 1.33 bits per heavy atom. The molecule has 0 fully saturated rings. The van der Waals surface area contributed by atoms with E-state index in [9.17, 15) is 0 Å². The van der Waals surface area contributed by atoms with Crippen LogP contribution in [0.4, 0.5) is 0 Å². The van der Waals surface area contributed by atoms with Crippen molar-refractivity contribution in [3.05, 3.63) is 12.7 Å². The fourth-order valence-electron chi connectivity index (χ4n) is 0.204. The molecule has 0 rings (SSSR count). The number of rotatable bonds is 2. The maximum absolute atomic E-state index is 3.55. The minimum atomic E-state index is 0.833. The van der Waals surface area contributed by atoms with Crippen molar-refractivity contribution < 1.29 is 0 Å². The highest BCUT2D eigenvalue weighted by Gasteiger charge is 1.68. The van der Waals surface area contributed by atoms with Crippen LogP contribution in [0.3, 0.4) is 0 Å². The van der Waals surface area contributed by atoms with Crippen molar-refractivity contribution in [2.45, 2.75) is 40.5 Å². The van der Waals surface area contributed by atoms with Crippen LogP contribution >= 0.6 is 0 Å². The van der Waals surface area contributed by atoms with E-state index in [-0.39, 0.29) is 0 Å². The van der Waals surface area contributed by atoms with E-state index in [4.69, 9.17) is 0 Å². The zero-order valence-electron chi connectivity index (χ0n) is 7.28. The van der Waals surface area contributed by atoms with Crippen LogP contribution in [0.5, 0.6) is 0 Å². The average molecular weight is 128 g/mol. The Morgan fingerprint density at radius 2 is 1.67 bits per heavy atom. The van der Waals surface area contributed by atoms with Gasteiger partial charge in [0.2, 0.25) is 0 Å². The molecule has 0 N–H and O–H groups in total. The van der Waals surface area contributed by atoms with E-state index in [1.165, 1.54) is 6.42 Å². The summed E-state index contributed by atoms with van der Waals surface area (Å²) in [4.78, 5) is 0. The third kappa shape index (κ3) is 84.2. The summed E-state index contributed by atoms with van der Waals surface area (Å²) in [6, 6.07) is 0. The van der Waals surface area contributed by atoms with E-state index in [2.05, 4.69) is 34.3 Å². The van der Waals surface area contributed by atoms with Crippen LogP contribution in [0, 0.1) is 5.92 Å². The molecule has 0 aliphatic rings. The second-order valence-electron chi connectivity index (χ2n) is 2.81. The van der Waals surface area contributed by atoms with E-state index in [0.29, 0.717) is 0 Å². The summed E-state index contributed by atoms with van der Waals surface area (Å²) >= 11 is 0. The topological polar surface area (TPSA) is 0 Å². The summed E-state index contributed by atoms with van der Waals surface area (Å²) in [5.41, 5.74) is 0. The third-order valence-electron chi connectivity index (χ3n) is 0.493. The first-order valence-corrected chi connectivity index (χ1v) is 3.76. The van der Waals surface area contributed by atoms with E-state index in [1.807, 2.05) is 6.08 Å². The van der Waals surface area contributed by atoms with Gasteiger partial charge in [0.05, 0.1) is 0 Å². The Labute approximate surface area is 60.0 Å². The van der Waals surface area contributed by atoms with Crippen molar-refractivity contribution in [1.82, 2.24) is 0 Å². The Morgan fingerprint density at radius 3 is 1.67 bits per heavy atom. The van der Waals surface area contributed by atoms with Crippen LogP contribution in [0.15, 0.2) is 12.7 Å². The highest BCUT2D eigenvalue weighted by Crippen LogP contribution is 1.82. The van der Waals surface area contributed by atoms with Gasteiger partial charge in [0.15, 0.2) is 0 Å². The summed E-state index contributed by atoms with van der Waals surface area (Å²) in [5, 5.41) is 0. The molecule has 0 unspecified atom stereocenters. The molecule has 0 saturated carbocycles. The molecule has 0 heterocycles. The third-order valence-corrected chi connectivity index (χ3v) is 0.493. The second kappa shape index (κ2) is 10.7. The van der Waals surface area contributed by atoms with Crippen molar-refractivity contribution in [3.8, 4) is 0 Å². The van der Waals surface area contributed by atoms with Gasteiger partial charge in [0.1, 0.15) is 0 Å². The smallest absolute Gasteiger partial charge is 0.0356 e. The number of hydrogen-bond donors (Lipinski definition) is 0. The van der Waals surface area contributed by atoms with Gasteiger partial charge < -0.3 is 0 Å². The molecule has 0 nitrogen and oxygen atoms in total. The van der Waals surface area contributed by atoms with Crippen molar-refractivity contribution in [1.29, 1.82) is 0 Å². The van der Waals surface area contributed by atoms with E-state index >= 15 is 0 Å². The van der Waals surface area contributed by atoms with E-state index in [0.717, 1.165) is 12.3 Å². The molecule has 9 heavy (non-hydrogen) atoms. The first-order chi connectivity index (χ1) is 4.15. The van der Waals surface area contributed by atoms with Crippen LogP contribution in [-0.2, 0) is 0 Å². The molecule has 0 saturated heterocycles. The predicted octanol–water partition coefficient (Wildman–Crippen LogP) is 3.63. The van der Waals surface area contributed by atoms with Crippen LogP contribution in [-0.4, -0.2) is 0 Å². The van der Waals surface area contributed by atoms with Gasteiger partial charge >= 0.3 is 0 Å². The van der Waals surface area contributed by atoms with Gasteiger partial charge in [-0.05, 0) is 12.3 Å². The molecule has 0 aromatic heterocycles. The molecular weight excluding hydrogens is 108 g/mol. The van der Waals surface area contributed by atoms with Crippen molar-refractivity contribution >= 4 is 0 Å². The van der Waals surface area contributed by atoms with Gasteiger partial charge in [-0.15, -0.1) is 6.58 Å². The van der Waals surface area contributed by atoms with Gasteiger partial charge in [-0.25, -0.2) is 0 Å². The number of hydrogen-bond acceptors (Lipinski definition) is 0. The fourth-order valence-corrected chi connectivity index (χ4v) is 0.204. The van der Waals surface area contributed by atoms with Gasteiger partial charge in [-0.1, -0.05) is 40.2 Å². The minimum Gasteiger partial charge on any atom is -0.103 e. The lowest BCUT2D eigenvalue weighted by molar-refractivity contribution is 0.737. The summed E-state index contributed by atoms with van der Waals surface area (Å²) in [6.45, 7) is 12.2. The SMILES string of the molecule is C=CCCC.CC(C)C. The largest absolute Gasteiger partial charge is 0.103 e. The predicted molar refractivity (Wildman–Crippen MR) is 45.6 cm³/mol. The molecule has 0 bridgehead atoms. The zero-order valence-corrected chi connectivity index (χ0v) is 7.28. The molecule has 0 amide bonds. The van der Waals surface area contributed by atoms with Gasteiger partial charge in [-0.2, -0.15) is 0 Å².